The highest BCUT2D eigenvalue weighted by Crippen LogP contribution is 2.41. The lowest BCUT2D eigenvalue weighted by Crippen LogP contribution is -2.25. The molecule has 1 amide bonds. The Morgan fingerprint density at radius 3 is 2.80 bits per heavy atom. The quantitative estimate of drug-likeness (QED) is 0.694. The molecule has 0 radical (unpaired) electrons. The van der Waals surface area contributed by atoms with Gasteiger partial charge in [0.1, 0.15) is 0 Å². The van der Waals surface area contributed by atoms with Crippen LogP contribution in [0.15, 0.2) is 12.1 Å². The number of rotatable bonds is 1. The normalized spacial score (nSPS) is 17.1. The van der Waals surface area contributed by atoms with Crippen LogP contribution in [0.2, 0.25) is 0 Å². The number of anilines is 1. The maximum Gasteiger partial charge on any atom is 0.231 e. The van der Waals surface area contributed by atoms with Crippen molar-refractivity contribution >= 4 is 11.6 Å². The van der Waals surface area contributed by atoms with E-state index < -0.39 is 0 Å². The summed E-state index contributed by atoms with van der Waals surface area (Å²) in [4.78, 5) is 13.4. The minimum Gasteiger partial charge on any atom is -0.454 e. The summed E-state index contributed by atoms with van der Waals surface area (Å²) in [5.74, 6) is 1.64. The lowest BCUT2D eigenvalue weighted by Gasteiger charge is -2.14. The lowest BCUT2D eigenvalue weighted by molar-refractivity contribution is -0.117. The second kappa shape index (κ2) is 2.89. The first-order chi connectivity index (χ1) is 7.29. The molecule has 1 aromatic carbocycles. The van der Waals surface area contributed by atoms with Gasteiger partial charge in [-0.05, 0) is 18.6 Å². The van der Waals surface area contributed by atoms with E-state index in [9.17, 15) is 4.79 Å². The number of benzene rings is 1. The third kappa shape index (κ3) is 1.11. The van der Waals surface area contributed by atoms with Crippen molar-refractivity contribution in [3.05, 3.63) is 17.7 Å². The van der Waals surface area contributed by atoms with E-state index >= 15 is 0 Å². The van der Waals surface area contributed by atoms with Crippen molar-refractivity contribution in [2.75, 3.05) is 18.2 Å². The molecule has 0 aromatic heterocycles. The van der Waals surface area contributed by atoms with Crippen LogP contribution in [0.5, 0.6) is 11.5 Å². The Morgan fingerprint density at radius 1 is 1.33 bits per heavy atom. The minimum atomic E-state index is 0.149. The highest BCUT2D eigenvalue weighted by atomic mass is 16.7. The highest BCUT2D eigenvalue weighted by molar-refractivity contribution is 6.01. The number of carbonyl (C=O) groups excluding carboxylic acids is 1. The number of ether oxygens (including phenoxy) is 2. The van der Waals surface area contributed by atoms with Gasteiger partial charge in [-0.1, -0.05) is 0 Å². The van der Waals surface area contributed by atoms with E-state index in [-0.39, 0.29) is 12.7 Å². The molecule has 0 fully saturated rings. The Kier molecular flexibility index (Phi) is 1.65. The van der Waals surface area contributed by atoms with Crippen LogP contribution in [-0.4, -0.2) is 19.2 Å². The number of hydrogen-bond acceptors (Lipinski definition) is 3. The van der Waals surface area contributed by atoms with E-state index in [1.54, 1.807) is 4.90 Å². The molecule has 4 nitrogen and oxygen atoms in total. The van der Waals surface area contributed by atoms with Crippen molar-refractivity contribution in [3.8, 4) is 11.5 Å². The van der Waals surface area contributed by atoms with Gasteiger partial charge in [0.05, 0.1) is 12.1 Å². The van der Waals surface area contributed by atoms with Gasteiger partial charge in [-0.3, -0.25) is 4.79 Å². The maximum absolute atomic E-state index is 11.6. The Hall–Kier alpha value is -1.71. The number of nitrogens with zero attached hydrogens (tertiary/aromatic N) is 1. The van der Waals surface area contributed by atoms with Crippen LogP contribution in [0.1, 0.15) is 12.5 Å². The van der Waals surface area contributed by atoms with E-state index in [2.05, 4.69) is 0 Å². The van der Waals surface area contributed by atoms with Gasteiger partial charge in [0.25, 0.3) is 0 Å². The summed E-state index contributed by atoms with van der Waals surface area (Å²) in [6.45, 7) is 2.95. The van der Waals surface area contributed by atoms with Crippen molar-refractivity contribution in [3.63, 3.8) is 0 Å². The predicted octanol–water partition coefficient (Wildman–Crippen LogP) is 1.32. The largest absolute Gasteiger partial charge is 0.454 e. The van der Waals surface area contributed by atoms with Crippen LogP contribution in [0.4, 0.5) is 5.69 Å². The summed E-state index contributed by atoms with van der Waals surface area (Å²) in [6, 6.07) is 3.80. The molecule has 15 heavy (non-hydrogen) atoms. The molecule has 2 aliphatic rings. The van der Waals surface area contributed by atoms with Crippen LogP contribution in [0, 0.1) is 0 Å². The van der Waals surface area contributed by atoms with Gasteiger partial charge in [-0.25, -0.2) is 0 Å². The molecule has 4 heteroatoms. The minimum absolute atomic E-state index is 0.149. The van der Waals surface area contributed by atoms with Crippen molar-refractivity contribution in [2.45, 2.75) is 13.3 Å². The Morgan fingerprint density at radius 2 is 2.07 bits per heavy atom. The molecule has 2 aliphatic heterocycles. The fourth-order valence-electron chi connectivity index (χ4n) is 2.11. The maximum atomic E-state index is 11.6. The molecule has 0 saturated heterocycles. The molecule has 0 aliphatic carbocycles. The van der Waals surface area contributed by atoms with Crippen molar-refractivity contribution in [1.82, 2.24) is 0 Å². The number of carbonyl (C=O) groups is 1. The highest BCUT2D eigenvalue weighted by Gasteiger charge is 2.29. The average molecular weight is 205 g/mol. The van der Waals surface area contributed by atoms with Crippen molar-refractivity contribution in [2.24, 2.45) is 0 Å². The third-order valence-corrected chi connectivity index (χ3v) is 2.82. The summed E-state index contributed by atoms with van der Waals surface area (Å²) in [7, 11) is 0. The number of fused-ring (bicyclic) bond motifs is 2. The second-order valence-electron chi connectivity index (χ2n) is 3.65. The van der Waals surface area contributed by atoms with Crippen LogP contribution >= 0.6 is 0 Å². The number of likely N-dealkylation sites (N-methyl/N-ethyl adjacent to an activating group) is 1. The van der Waals surface area contributed by atoms with E-state index in [1.165, 1.54) is 0 Å². The molecule has 0 bridgehead atoms. The van der Waals surface area contributed by atoms with Gasteiger partial charge in [-0.2, -0.15) is 0 Å². The fourth-order valence-corrected chi connectivity index (χ4v) is 2.11. The molecule has 0 N–H and O–H groups in total. The first-order valence-corrected chi connectivity index (χ1v) is 5.02. The Labute approximate surface area is 87.4 Å². The lowest BCUT2D eigenvalue weighted by atomic mass is 10.1. The number of amides is 1. The predicted molar refractivity (Wildman–Crippen MR) is 54.3 cm³/mol. The molecular weight excluding hydrogens is 194 g/mol. The van der Waals surface area contributed by atoms with Gasteiger partial charge in [0.15, 0.2) is 11.5 Å². The summed E-state index contributed by atoms with van der Waals surface area (Å²) in [5.41, 5.74) is 2.00. The third-order valence-electron chi connectivity index (χ3n) is 2.82. The first-order valence-electron chi connectivity index (χ1n) is 5.02. The van der Waals surface area contributed by atoms with Crippen LogP contribution < -0.4 is 14.4 Å². The van der Waals surface area contributed by atoms with Crippen LogP contribution in [0.3, 0.4) is 0 Å². The van der Waals surface area contributed by atoms with Gasteiger partial charge in [-0.15, -0.1) is 0 Å². The second-order valence-corrected chi connectivity index (χ2v) is 3.65. The monoisotopic (exact) mass is 205 g/mol. The molecule has 3 rings (SSSR count). The Balaban J connectivity index is 2.12. The van der Waals surface area contributed by atoms with Crippen molar-refractivity contribution in [1.29, 1.82) is 0 Å². The Bertz CT molecular complexity index is 442. The molecule has 0 spiro atoms. The summed E-state index contributed by atoms with van der Waals surface area (Å²) < 4.78 is 10.6. The summed E-state index contributed by atoms with van der Waals surface area (Å²) in [6.07, 6.45) is 0.472. The molecule has 0 atom stereocenters. The average Bonchev–Trinajstić information content (AvgIpc) is 2.76. The van der Waals surface area contributed by atoms with Gasteiger partial charge < -0.3 is 14.4 Å². The molecular formula is C11H11NO3. The zero-order valence-electron chi connectivity index (χ0n) is 8.45. The zero-order chi connectivity index (χ0) is 10.4. The van der Waals surface area contributed by atoms with E-state index in [4.69, 9.17) is 9.47 Å². The fraction of sp³-hybridized carbons (Fsp3) is 0.364. The SMILES string of the molecule is CCN1C(=O)Cc2cc3c(cc21)OCO3. The topological polar surface area (TPSA) is 38.8 Å². The molecule has 1 aromatic rings. The van der Waals surface area contributed by atoms with Gasteiger partial charge >= 0.3 is 0 Å². The molecule has 0 saturated carbocycles. The van der Waals surface area contributed by atoms with Gasteiger partial charge in [0.2, 0.25) is 12.7 Å². The molecule has 78 valence electrons. The summed E-state index contributed by atoms with van der Waals surface area (Å²) in [5, 5.41) is 0. The standard InChI is InChI=1S/C11H11NO3/c1-2-12-8-5-10-9(14-6-15-10)3-7(8)4-11(12)13/h3,5H,2,4,6H2,1H3. The van der Waals surface area contributed by atoms with E-state index in [1.807, 2.05) is 19.1 Å². The number of hydrogen-bond donors (Lipinski definition) is 0. The molecule has 0 unspecified atom stereocenters. The van der Waals surface area contributed by atoms with E-state index in [0.29, 0.717) is 13.0 Å². The van der Waals surface area contributed by atoms with Crippen LogP contribution in [0.25, 0.3) is 0 Å². The molecule has 2 heterocycles. The van der Waals surface area contributed by atoms with Gasteiger partial charge in [0, 0.05) is 12.6 Å². The first kappa shape index (κ1) is 8.59. The van der Waals surface area contributed by atoms with E-state index in [0.717, 1.165) is 22.7 Å². The smallest absolute Gasteiger partial charge is 0.231 e. The zero-order valence-corrected chi connectivity index (χ0v) is 8.45. The van der Waals surface area contributed by atoms with Crippen molar-refractivity contribution < 1.29 is 14.3 Å². The summed E-state index contributed by atoms with van der Waals surface area (Å²) >= 11 is 0. The van der Waals surface area contributed by atoms with Crippen LogP contribution in [-0.2, 0) is 11.2 Å².